The monoisotopic (exact) mass is 784 g/mol. The van der Waals surface area contributed by atoms with Crippen LogP contribution < -0.4 is 4.89 Å². The Kier molecular flexibility index (Phi) is 35.9. The van der Waals surface area contributed by atoms with Crippen molar-refractivity contribution in [2.24, 2.45) is 0 Å². The SMILES string of the molecule is CCCCCCCCCCCCCCCCOCC(COP(=O)([O-])OCC[N+](C)(C)C)OC(=O)CCC/C=C\C/C=C\C/C=C\C/C=C\CCC(O)CC. The van der Waals surface area contributed by atoms with E-state index in [1.165, 1.54) is 77.0 Å². The number of allylic oxidation sites excluding steroid dienone is 8. The number of phosphoric acid groups is 1. The van der Waals surface area contributed by atoms with E-state index in [1.54, 1.807) is 0 Å². The Morgan fingerprint density at radius 3 is 1.69 bits per heavy atom. The molecule has 3 unspecified atom stereocenters. The first kappa shape index (κ1) is 52.4. The van der Waals surface area contributed by atoms with E-state index in [1.807, 2.05) is 28.1 Å². The van der Waals surface area contributed by atoms with Crippen molar-refractivity contribution < 1.29 is 42.4 Å². The number of aliphatic hydroxyl groups is 1. The maximum Gasteiger partial charge on any atom is 0.306 e. The lowest BCUT2D eigenvalue weighted by Crippen LogP contribution is -2.37. The summed E-state index contributed by atoms with van der Waals surface area (Å²) >= 11 is 0. The molecule has 0 fully saturated rings. The number of hydrogen-bond donors (Lipinski definition) is 1. The number of nitrogens with zero attached hydrogens (tertiary/aromatic N) is 1. The zero-order valence-electron chi connectivity index (χ0n) is 35.3. The number of phosphoric ester groups is 1. The summed E-state index contributed by atoms with van der Waals surface area (Å²) in [5.41, 5.74) is 0. The molecule has 0 heterocycles. The molecule has 0 aliphatic heterocycles. The van der Waals surface area contributed by atoms with Crippen LogP contribution in [-0.4, -0.2) is 81.9 Å². The van der Waals surface area contributed by atoms with E-state index in [9.17, 15) is 19.4 Å². The molecule has 0 aliphatic rings. The highest BCUT2D eigenvalue weighted by atomic mass is 31.2. The number of ether oxygens (including phenoxy) is 2. The topological polar surface area (TPSA) is 114 Å². The summed E-state index contributed by atoms with van der Waals surface area (Å²) in [4.78, 5) is 25.0. The van der Waals surface area contributed by atoms with E-state index in [0.29, 0.717) is 24.1 Å². The van der Waals surface area contributed by atoms with Gasteiger partial charge in [0.2, 0.25) is 0 Å². The van der Waals surface area contributed by atoms with Crippen LogP contribution in [0, 0.1) is 0 Å². The van der Waals surface area contributed by atoms with Crippen molar-refractivity contribution in [3.63, 3.8) is 0 Å². The highest BCUT2D eigenvalue weighted by Gasteiger charge is 2.20. The van der Waals surface area contributed by atoms with Crippen LogP contribution in [0.5, 0.6) is 0 Å². The maximum atomic E-state index is 12.6. The minimum absolute atomic E-state index is 0.00932. The minimum Gasteiger partial charge on any atom is -0.756 e. The Labute approximate surface area is 331 Å². The normalized spacial score (nSPS) is 14.9. The van der Waals surface area contributed by atoms with E-state index in [2.05, 4.69) is 55.5 Å². The first-order chi connectivity index (χ1) is 26.0. The average molecular weight is 784 g/mol. The van der Waals surface area contributed by atoms with Crippen molar-refractivity contribution >= 4 is 13.8 Å². The maximum absolute atomic E-state index is 12.6. The predicted octanol–water partition coefficient (Wildman–Crippen LogP) is 10.7. The molecule has 0 radical (unpaired) electrons. The molecule has 0 saturated heterocycles. The van der Waals surface area contributed by atoms with Crippen molar-refractivity contribution in [2.75, 3.05) is 54.1 Å². The van der Waals surface area contributed by atoms with Crippen molar-refractivity contribution in [1.82, 2.24) is 0 Å². The van der Waals surface area contributed by atoms with Gasteiger partial charge in [-0.1, -0.05) is 146 Å². The molecule has 0 aromatic heterocycles. The van der Waals surface area contributed by atoms with Gasteiger partial charge in [0.05, 0.1) is 40.5 Å². The largest absolute Gasteiger partial charge is 0.756 e. The zero-order chi connectivity index (χ0) is 40.0. The van der Waals surface area contributed by atoms with Crippen LogP contribution in [0.2, 0.25) is 0 Å². The number of quaternary nitrogens is 1. The van der Waals surface area contributed by atoms with Gasteiger partial charge in [-0.3, -0.25) is 9.36 Å². The lowest BCUT2D eigenvalue weighted by molar-refractivity contribution is -0.870. The number of hydrogen-bond acceptors (Lipinski definition) is 8. The fourth-order valence-electron chi connectivity index (χ4n) is 5.52. The number of rotatable bonds is 39. The van der Waals surface area contributed by atoms with E-state index in [-0.39, 0.29) is 32.3 Å². The second-order valence-electron chi connectivity index (χ2n) is 15.5. The third-order valence-corrected chi connectivity index (χ3v) is 10.0. The second kappa shape index (κ2) is 37.0. The molecule has 316 valence electrons. The van der Waals surface area contributed by atoms with Gasteiger partial charge in [0, 0.05) is 13.0 Å². The molecule has 0 aromatic rings. The van der Waals surface area contributed by atoms with Gasteiger partial charge in [-0.25, -0.2) is 0 Å². The molecule has 0 saturated carbocycles. The Hall–Kier alpha value is -1.58. The first-order valence-corrected chi connectivity index (χ1v) is 22.9. The smallest absolute Gasteiger partial charge is 0.306 e. The number of unbranched alkanes of at least 4 members (excludes halogenated alkanes) is 14. The van der Waals surface area contributed by atoms with Crippen LogP contribution in [0.15, 0.2) is 48.6 Å². The summed E-state index contributed by atoms with van der Waals surface area (Å²) in [6, 6.07) is 0. The lowest BCUT2D eigenvalue weighted by atomic mass is 10.0. The van der Waals surface area contributed by atoms with E-state index in [0.717, 1.165) is 57.8 Å². The molecule has 0 spiro atoms. The van der Waals surface area contributed by atoms with E-state index < -0.39 is 19.9 Å². The molecule has 3 atom stereocenters. The number of esters is 1. The van der Waals surface area contributed by atoms with Gasteiger partial charge in [-0.15, -0.1) is 0 Å². The molecule has 0 aliphatic carbocycles. The Bertz CT molecular complexity index is 1020. The van der Waals surface area contributed by atoms with Gasteiger partial charge in [-0.05, 0) is 57.8 Å². The highest BCUT2D eigenvalue weighted by molar-refractivity contribution is 7.45. The Balaban J connectivity index is 4.36. The fourth-order valence-corrected chi connectivity index (χ4v) is 6.25. The molecule has 0 bridgehead atoms. The van der Waals surface area contributed by atoms with Crippen LogP contribution in [-0.2, 0) is 27.9 Å². The van der Waals surface area contributed by atoms with Crippen LogP contribution in [0.25, 0.3) is 0 Å². The van der Waals surface area contributed by atoms with Crippen molar-refractivity contribution in [1.29, 1.82) is 0 Å². The molecule has 0 aromatic carbocycles. The highest BCUT2D eigenvalue weighted by Crippen LogP contribution is 2.38. The van der Waals surface area contributed by atoms with Crippen LogP contribution in [0.3, 0.4) is 0 Å². The summed E-state index contributed by atoms with van der Waals surface area (Å²) in [7, 11) is 1.30. The molecular weight excluding hydrogens is 701 g/mol. The third kappa shape index (κ3) is 40.1. The fraction of sp³-hybridized carbons (Fsp3) is 0.795. The molecule has 54 heavy (non-hydrogen) atoms. The molecular formula is C44H82NO8P. The number of carbonyl (C=O) groups is 1. The van der Waals surface area contributed by atoms with E-state index in [4.69, 9.17) is 18.5 Å². The van der Waals surface area contributed by atoms with Gasteiger partial charge in [-0.2, -0.15) is 0 Å². The van der Waals surface area contributed by atoms with Gasteiger partial charge in [0.25, 0.3) is 7.82 Å². The quantitative estimate of drug-likeness (QED) is 0.0215. The predicted molar refractivity (Wildman–Crippen MR) is 223 cm³/mol. The summed E-state index contributed by atoms with van der Waals surface area (Å²) in [5, 5.41) is 9.56. The second-order valence-corrected chi connectivity index (χ2v) is 16.9. The lowest BCUT2D eigenvalue weighted by Gasteiger charge is -2.28. The number of carbonyl (C=O) groups excluding carboxylic acids is 1. The third-order valence-electron chi connectivity index (χ3n) is 9.05. The first-order valence-electron chi connectivity index (χ1n) is 21.4. The van der Waals surface area contributed by atoms with Crippen LogP contribution in [0.1, 0.15) is 162 Å². The molecule has 10 heteroatoms. The summed E-state index contributed by atoms with van der Waals surface area (Å²) in [6.45, 7) is 5.04. The number of aliphatic hydroxyl groups excluding tert-OH is 1. The van der Waals surface area contributed by atoms with Gasteiger partial charge in [0.1, 0.15) is 19.3 Å². The molecule has 1 N–H and O–H groups in total. The Morgan fingerprint density at radius 1 is 0.667 bits per heavy atom. The van der Waals surface area contributed by atoms with E-state index >= 15 is 0 Å². The summed E-state index contributed by atoms with van der Waals surface area (Å²) in [5.74, 6) is -0.399. The van der Waals surface area contributed by atoms with Crippen LogP contribution >= 0.6 is 7.82 Å². The average Bonchev–Trinajstić information content (AvgIpc) is 3.12. The standard InChI is InChI=1S/C44H82NO8P/c1-6-8-9-10-11-12-13-14-19-22-25-28-31-34-38-50-40-43(41-52-54(48,49)51-39-37-45(3,4)5)53-44(47)36-33-30-27-24-21-18-16-15-17-20-23-26-29-32-35-42(46)7-2/h16-18,20,24,26-27,29,42-43,46H,6-15,19,21-23,25,28,30-41H2,1-5H3/b18-16-,20-17-,27-24-,29-26-. The van der Waals surface area contributed by atoms with Gasteiger partial charge >= 0.3 is 5.97 Å². The molecule has 0 rings (SSSR count). The molecule has 0 amide bonds. The minimum atomic E-state index is -4.54. The zero-order valence-corrected chi connectivity index (χ0v) is 36.2. The molecule has 9 nitrogen and oxygen atoms in total. The summed E-state index contributed by atoms with van der Waals surface area (Å²) in [6.07, 6.45) is 40.7. The van der Waals surface area contributed by atoms with Crippen LogP contribution in [0.4, 0.5) is 0 Å². The van der Waals surface area contributed by atoms with Crippen molar-refractivity contribution in [3.8, 4) is 0 Å². The van der Waals surface area contributed by atoms with Gasteiger partial charge in [0.15, 0.2) is 0 Å². The number of likely N-dealkylation sites (N-methyl/N-ethyl adjacent to an activating group) is 1. The van der Waals surface area contributed by atoms with Crippen molar-refractivity contribution in [2.45, 2.75) is 174 Å². The summed E-state index contributed by atoms with van der Waals surface area (Å²) < 4.78 is 34.5. The van der Waals surface area contributed by atoms with Gasteiger partial charge < -0.3 is 33.0 Å². The Morgan fingerprint density at radius 2 is 1.17 bits per heavy atom. The van der Waals surface area contributed by atoms with Crippen molar-refractivity contribution in [3.05, 3.63) is 48.6 Å².